The first-order valence-electron chi connectivity index (χ1n) is 6.85. The molecule has 1 fully saturated rings. The highest BCUT2D eigenvalue weighted by atomic mass is 14.9. The van der Waals surface area contributed by atoms with Crippen LogP contribution in [0.15, 0.2) is 24.3 Å². The van der Waals surface area contributed by atoms with Crippen LogP contribution in [0.3, 0.4) is 0 Å². The van der Waals surface area contributed by atoms with Gasteiger partial charge in [0.1, 0.15) is 0 Å². The molecule has 1 aromatic carbocycles. The molecule has 1 aliphatic rings. The van der Waals surface area contributed by atoms with Crippen molar-refractivity contribution < 1.29 is 0 Å². The third kappa shape index (κ3) is 4.14. The van der Waals surface area contributed by atoms with Crippen LogP contribution in [0.5, 0.6) is 0 Å². The van der Waals surface area contributed by atoms with Gasteiger partial charge in [-0.05, 0) is 63.4 Å². The molecule has 0 aromatic heterocycles. The van der Waals surface area contributed by atoms with E-state index in [0.717, 1.165) is 13.0 Å². The molecule has 1 aromatic rings. The van der Waals surface area contributed by atoms with Gasteiger partial charge in [0.25, 0.3) is 0 Å². The Morgan fingerprint density at radius 1 is 1.24 bits per heavy atom. The minimum Gasteiger partial charge on any atom is -0.317 e. The lowest BCUT2D eigenvalue weighted by molar-refractivity contribution is 0.472. The van der Waals surface area contributed by atoms with Gasteiger partial charge in [0, 0.05) is 6.04 Å². The standard InChI is InChI=1S/C15H24N2/c1-13-5-2-3-6-14(13)8-12-17-15-7-4-10-16-11-9-15/h2-3,5-6,15-17H,4,7-12H2,1H3. The number of rotatable bonds is 4. The molecule has 0 amide bonds. The summed E-state index contributed by atoms with van der Waals surface area (Å²) in [4.78, 5) is 0. The number of nitrogens with one attached hydrogen (secondary N) is 2. The van der Waals surface area contributed by atoms with Crippen molar-refractivity contribution in [2.45, 2.75) is 38.6 Å². The second kappa shape index (κ2) is 6.77. The largest absolute Gasteiger partial charge is 0.317 e. The zero-order valence-electron chi connectivity index (χ0n) is 10.8. The molecule has 1 unspecified atom stereocenters. The van der Waals surface area contributed by atoms with Gasteiger partial charge in [0.05, 0.1) is 0 Å². The van der Waals surface area contributed by atoms with Gasteiger partial charge in [0.2, 0.25) is 0 Å². The fourth-order valence-electron chi connectivity index (χ4n) is 2.52. The summed E-state index contributed by atoms with van der Waals surface area (Å²) in [6.45, 7) is 5.67. The van der Waals surface area contributed by atoms with Crippen LogP contribution in [-0.2, 0) is 6.42 Å². The molecule has 0 aliphatic carbocycles. The second-order valence-electron chi connectivity index (χ2n) is 5.01. The topological polar surface area (TPSA) is 24.1 Å². The van der Waals surface area contributed by atoms with Crippen LogP contribution < -0.4 is 10.6 Å². The van der Waals surface area contributed by atoms with Crippen LogP contribution in [0.4, 0.5) is 0 Å². The van der Waals surface area contributed by atoms with Crippen molar-refractivity contribution in [3.05, 3.63) is 35.4 Å². The molecule has 0 spiro atoms. The van der Waals surface area contributed by atoms with Crippen molar-refractivity contribution in [3.63, 3.8) is 0 Å². The fourth-order valence-corrected chi connectivity index (χ4v) is 2.52. The van der Waals surface area contributed by atoms with Crippen molar-refractivity contribution in [3.8, 4) is 0 Å². The van der Waals surface area contributed by atoms with Gasteiger partial charge in [-0.25, -0.2) is 0 Å². The van der Waals surface area contributed by atoms with Crippen molar-refractivity contribution in [2.75, 3.05) is 19.6 Å². The van der Waals surface area contributed by atoms with Crippen LogP contribution in [-0.4, -0.2) is 25.7 Å². The molecule has 1 aliphatic heterocycles. The van der Waals surface area contributed by atoms with Crippen LogP contribution in [0.25, 0.3) is 0 Å². The van der Waals surface area contributed by atoms with Crippen LogP contribution in [0.1, 0.15) is 30.4 Å². The first kappa shape index (κ1) is 12.6. The van der Waals surface area contributed by atoms with E-state index in [9.17, 15) is 0 Å². The highest BCUT2D eigenvalue weighted by Gasteiger charge is 2.10. The van der Waals surface area contributed by atoms with E-state index in [4.69, 9.17) is 0 Å². The van der Waals surface area contributed by atoms with E-state index in [1.165, 1.54) is 43.5 Å². The van der Waals surface area contributed by atoms with Gasteiger partial charge in [0.15, 0.2) is 0 Å². The Morgan fingerprint density at radius 2 is 2.12 bits per heavy atom. The molecule has 94 valence electrons. The molecule has 0 saturated carbocycles. The molecular formula is C15H24N2. The smallest absolute Gasteiger partial charge is 0.00797 e. The molecule has 2 nitrogen and oxygen atoms in total. The monoisotopic (exact) mass is 232 g/mol. The fraction of sp³-hybridized carbons (Fsp3) is 0.600. The Labute approximate surface area is 105 Å². The van der Waals surface area contributed by atoms with Crippen molar-refractivity contribution in [1.29, 1.82) is 0 Å². The Bertz CT molecular complexity index is 327. The Balaban J connectivity index is 1.73. The number of aryl methyl sites for hydroxylation is 1. The molecule has 1 heterocycles. The predicted molar refractivity (Wildman–Crippen MR) is 73.4 cm³/mol. The van der Waals surface area contributed by atoms with E-state index in [1.54, 1.807) is 0 Å². The molecule has 2 N–H and O–H groups in total. The van der Waals surface area contributed by atoms with Crippen molar-refractivity contribution in [2.24, 2.45) is 0 Å². The molecule has 0 radical (unpaired) electrons. The minimum atomic E-state index is 0.717. The zero-order chi connectivity index (χ0) is 11.9. The van der Waals surface area contributed by atoms with E-state index in [-0.39, 0.29) is 0 Å². The average Bonchev–Trinajstić information content (AvgIpc) is 2.60. The maximum absolute atomic E-state index is 3.70. The quantitative estimate of drug-likeness (QED) is 0.832. The summed E-state index contributed by atoms with van der Waals surface area (Å²) < 4.78 is 0. The first-order valence-corrected chi connectivity index (χ1v) is 6.85. The van der Waals surface area contributed by atoms with Gasteiger partial charge in [-0.1, -0.05) is 24.3 Å². The maximum Gasteiger partial charge on any atom is 0.00797 e. The minimum absolute atomic E-state index is 0.717. The molecule has 2 heteroatoms. The van der Waals surface area contributed by atoms with Gasteiger partial charge in [-0.3, -0.25) is 0 Å². The van der Waals surface area contributed by atoms with Gasteiger partial charge in [-0.15, -0.1) is 0 Å². The Hall–Kier alpha value is -0.860. The summed E-state index contributed by atoms with van der Waals surface area (Å²) >= 11 is 0. The van der Waals surface area contributed by atoms with Crippen LogP contribution in [0, 0.1) is 6.92 Å². The lowest BCUT2D eigenvalue weighted by Gasteiger charge is -2.16. The van der Waals surface area contributed by atoms with E-state index in [2.05, 4.69) is 41.8 Å². The van der Waals surface area contributed by atoms with Crippen LogP contribution in [0.2, 0.25) is 0 Å². The number of hydrogen-bond acceptors (Lipinski definition) is 2. The van der Waals surface area contributed by atoms with Crippen LogP contribution >= 0.6 is 0 Å². The normalized spacial score (nSPS) is 21.1. The predicted octanol–water partition coefficient (Wildman–Crippen LogP) is 2.27. The lowest BCUT2D eigenvalue weighted by atomic mass is 10.1. The van der Waals surface area contributed by atoms with Gasteiger partial charge >= 0.3 is 0 Å². The molecule has 2 rings (SSSR count). The van der Waals surface area contributed by atoms with Gasteiger partial charge in [-0.2, -0.15) is 0 Å². The molecule has 0 bridgehead atoms. The Kier molecular flexibility index (Phi) is 5.02. The maximum atomic E-state index is 3.70. The highest BCUT2D eigenvalue weighted by molar-refractivity contribution is 5.25. The van der Waals surface area contributed by atoms with E-state index >= 15 is 0 Å². The lowest BCUT2D eigenvalue weighted by Crippen LogP contribution is -2.31. The summed E-state index contributed by atoms with van der Waals surface area (Å²) in [6.07, 6.45) is 5.05. The van der Waals surface area contributed by atoms with Gasteiger partial charge < -0.3 is 10.6 Å². The summed E-state index contributed by atoms with van der Waals surface area (Å²) in [5.74, 6) is 0. The molecule has 1 saturated heterocycles. The number of hydrogen-bond donors (Lipinski definition) is 2. The summed E-state index contributed by atoms with van der Waals surface area (Å²) in [5, 5.41) is 7.15. The molecular weight excluding hydrogens is 208 g/mol. The molecule has 1 atom stereocenters. The third-order valence-corrected chi connectivity index (χ3v) is 3.66. The van der Waals surface area contributed by atoms with Crippen molar-refractivity contribution in [1.82, 2.24) is 10.6 Å². The van der Waals surface area contributed by atoms with E-state index < -0.39 is 0 Å². The molecule has 17 heavy (non-hydrogen) atoms. The highest BCUT2D eigenvalue weighted by Crippen LogP contribution is 2.08. The zero-order valence-corrected chi connectivity index (χ0v) is 10.8. The first-order chi connectivity index (χ1) is 8.36. The van der Waals surface area contributed by atoms with Crippen molar-refractivity contribution >= 4 is 0 Å². The summed E-state index contributed by atoms with van der Waals surface area (Å²) in [7, 11) is 0. The summed E-state index contributed by atoms with van der Waals surface area (Å²) in [5.41, 5.74) is 2.89. The Morgan fingerprint density at radius 3 is 3.00 bits per heavy atom. The second-order valence-corrected chi connectivity index (χ2v) is 5.01. The van der Waals surface area contributed by atoms with E-state index in [0.29, 0.717) is 6.04 Å². The SMILES string of the molecule is Cc1ccccc1CCNC1CCCNCC1. The summed E-state index contributed by atoms with van der Waals surface area (Å²) in [6, 6.07) is 9.41. The number of benzene rings is 1. The average molecular weight is 232 g/mol. The third-order valence-electron chi connectivity index (χ3n) is 3.66. The van der Waals surface area contributed by atoms with E-state index in [1.807, 2.05) is 0 Å².